The maximum Gasteiger partial charge on any atom is 0.195 e. The Morgan fingerprint density at radius 2 is 2.11 bits per heavy atom. The summed E-state index contributed by atoms with van der Waals surface area (Å²) in [5.41, 5.74) is 4.77. The number of carbonyl (C=O) groups excluding carboxylic acids is 1. The Morgan fingerprint density at radius 1 is 1.26 bits per heavy atom. The first kappa shape index (κ1) is 17.2. The van der Waals surface area contributed by atoms with E-state index in [-0.39, 0.29) is 12.2 Å². The number of oxazole rings is 1. The van der Waals surface area contributed by atoms with Gasteiger partial charge in [0.05, 0.1) is 18.4 Å². The molecule has 27 heavy (non-hydrogen) atoms. The summed E-state index contributed by atoms with van der Waals surface area (Å²) < 4.78 is 12.6. The van der Waals surface area contributed by atoms with Crippen LogP contribution in [-0.4, -0.2) is 25.7 Å². The number of hydrogen-bond donors (Lipinski definition) is 0. The van der Waals surface area contributed by atoms with Crippen molar-refractivity contribution in [2.75, 3.05) is 0 Å². The number of fused-ring (bicyclic) bond motifs is 1. The van der Waals surface area contributed by atoms with E-state index < -0.39 is 0 Å². The zero-order valence-corrected chi connectivity index (χ0v) is 15.5. The molecule has 0 aliphatic heterocycles. The van der Waals surface area contributed by atoms with Gasteiger partial charge >= 0.3 is 0 Å². The lowest BCUT2D eigenvalue weighted by atomic mass is 10.1. The van der Waals surface area contributed by atoms with Crippen LogP contribution in [0.15, 0.2) is 39.5 Å². The Labute approximate surface area is 156 Å². The molecule has 0 aliphatic rings. The molecule has 0 saturated heterocycles. The molecule has 4 rings (SSSR count). The molecule has 138 valence electrons. The smallest absolute Gasteiger partial charge is 0.195 e. The molecular weight excluding hydrogens is 344 g/mol. The second-order valence-corrected chi connectivity index (χ2v) is 6.59. The summed E-state index contributed by atoms with van der Waals surface area (Å²) in [5.74, 6) is 1.48. The van der Waals surface area contributed by atoms with Crippen molar-refractivity contribution in [3.8, 4) is 0 Å². The van der Waals surface area contributed by atoms with Crippen molar-refractivity contribution in [1.29, 1.82) is 0 Å². The first-order valence-electron chi connectivity index (χ1n) is 8.89. The maximum atomic E-state index is 12.6. The second-order valence-electron chi connectivity index (χ2n) is 6.59. The number of aromatic nitrogens is 4. The lowest BCUT2D eigenvalue weighted by molar-refractivity contribution is 0.0993. The third-order valence-corrected chi connectivity index (χ3v) is 4.61. The first-order chi connectivity index (χ1) is 13.0. The predicted molar refractivity (Wildman–Crippen MR) is 98.7 cm³/mol. The van der Waals surface area contributed by atoms with Gasteiger partial charge in [0.2, 0.25) is 0 Å². The number of nitrogens with zero attached hydrogens (tertiary/aromatic N) is 4. The number of aryl methyl sites for hydroxylation is 3. The van der Waals surface area contributed by atoms with Gasteiger partial charge in [0.1, 0.15) is 11.3 Å². The van der Waals surface area contributed by atoms with E-state index in [0.717, 1.165) is 29.0 Å². The van der Waals surface area contributed by atoms with Gasteiger partial charge in [-0.2, -0.15) is 5.10 Å². The van der Waals surface area contributed by atoms with Crippen molar-refractivity contribution in [2.24, 2.45) is 0 Å². The fourth-order valence-electron chi connectivity index (χ4n) is 3.06. The molecule has 1 aromatic carbocycles. The topological polar surface area (TPSA) is 87.0 Å². The summed E-state index contributed by atoms with van der Waals surface area (Å²) in [5, 5.41) is 8.31. The highest BCUT2D eigenvalue weighted by molar-refractivity contribution is 5.99. The Hall–Kier alpha value is -3.22. The summed E-state index contributed by atoms with van der Waals surface area (Å²) >= 11 is 0. The van der Waals surface area contributed by atoms with E-state index in [2.05, 4.69) is 15.2 Å². The van der Waals surface area contributed by atoms with E-state index >= 15 is 0 Å². The van der Waals surface area contributed by atoms with Crippen LogP contribution in [0.3, 0.4) is 0 Å². The standard InChI is InChI=1S/C20H20N4O3/c1-4-20-22-17-8-15(5-6-19(17)26-20)18(25)7-14-9-21-24(10-14)11-16-12(2)23-27-13(16)3/h5-6,8-10H,4,7,11H2,1-3H3. The number of hydrogen-bond acceptors (Lipinski definition) is 6. The van der Waals surface area contributed by atoms with Gasteiger partial charge in [-0.15, -0.1) is 0 Å². The highest BCUT2D eigenvalue weighted by atomic mass is 16.5. The average Bonchev–Trinajstić information content (AvgIpc) is 3.36. The molecule has 0 amide bonds. The van der Waals surface area contributed by atoms with Crippen molar-refractivity contribution in [3.63, 3.8) is 0 Å². The van der Waals surface area contributed by atoms with E-state index in [9.17, 15) is 4.79 Å². The van der Waals surface area contributed by atoms with Crippen molar-refractivity contribution in [3.05, 3.63) is 64.6 Å². The van der Waals surface area contributed by atoms with Crippen LogP contribution in [0, 0.1) is 13.8 Å². The Balaban J connectivity index is 1.49. The average molecular weight is 364 g/mol. The minimum absolute atomic E-state index is 0.0230. The van der Waals surface area contributed by atoms with Crippen molar-refractivity contribution >= 4 is 16.9 Å². The fourth-order valence-corrected chi connectivity index (χ4v) is 3.06. The van der Waals surface area contributed by atoms with Crippen molar-refractivity contribution < 1.29 is 13.7 Å². The number of benzene rings is 1. The highest BCUT2D eigenvalue weighted by Gasteiger charge is 2.14. The van der Waals surface area contributed by atoms with E-state index in [1.807, 2.05) is 27.0 Å². The maximum absolute atomic E-state index is 12.6. The molecule has 4 aromatic rings. The molecule has 7 heteroatoms. The van der Waals surface area contributed by atoms with Crippen LogP contribution >= 0.6 is 0 Å². The Bertz CT molecular complexity index is 1100. The van der Waals surface area contributed by atoms with E-state index in [0.29, 0.717) is 29.1 Å². The van der Waals surface area contributed by atoms with E-state index in [1.54, 1.807) is 29.1 Å². The quantitative estimate of drug-likeness (QED) is 0.485. The van der Waals surface area contributed by atoms with Gasteiger partial charge in [0.15, 0.2) is 17.3 Å². The molecule has 0 N–H and O–H groups in total. The van der Waals surface area contributed by atoms with Gasteiger partial charge in [-0.05, 0) is 37.6 Å². The molecule has 3 heterocycles. The van der Waals surface area contributed by atoms with Gasteiger partial charge < -0.3 is 8.94 Å². The summed E-state index contributed by atoms with van der Waals surface area (Å²) in [4.78, 5) is 17.0. The number of Topliss-reactive ketones (excluding diaryl/α,β-unsaturated/α-hetero) is 1. The molecular formula is C20H20N4O3. The minimum Gasteiger partial charge on any atom is -0.441 e. The number of rotatable bonds is 6. The third kappa shape index (κ3) is 3.40. The minimum atomic E-state index is 0.0230. The molecule has 7 nitrogen and oxygen atoms in total. The van der Waals surface area contributed by atoms with Crippen molar-refractivity contribution in [1.82, 2.24) is 19.9 Å². The molecule has 0 bridgehead atoms. The molecule has 0 spiro atoms. The Morgan fingerprint density at radius 3 is 2.85 bits per heavy atom. The lowest BCUT2D eigenvalue weighted by Crippen LogP contribution is -2.04. The van der Waals surface area contributed by atoms with Crippen LogP contribution in [0.4, 0.5) is 0 Å². The van der Waals surface area contributed by atoms with E-state index in [4.69, 9.17) is 8.94 Å². The van der Waals surface area contributed by atoms with Crippen molar-refractivity contribution in [2.45, 2.75) is 40.2 Å². The zero-order chi connectivity index (χ0) is 19.0. The van der Waals surface area contributed by atoms with Crippen LogP contribution in [0.25, 0.3) is 11.1 Å². The third-order valence-electron chi connectivity index (χ3n) is 4.61. The van der Waals surface area contributed by atoms with Crippen LogP contribution < -0.4 is 0 Å². The summed E-state index contributed by atoms with van der Waals surface area (Å²) in [6.45, 7) is 6.34. The molecule has 0 radical (unpaired) electrons. The van der Waals surface area contributed by atoms with Gasteiger partial charge in [-0.25, -0.2) is 4.98 Å². The molecule has 0 unspecified atom stereocenters. The SMILES string of the molecule is CCc1nc2cc(C(=O)Cc3cnn(Cc4c(C)noc4C)c3)ccc2o1. The summed E-state index contributed by atoms with van der Waals surface area (Å²) in [6.07, 6.45) is 4.61. The molecule has 0 aliphatic carbocycles. The van der Waals surface area contributed by atoms with Crippen LogP contribution in [0.2, 0.25) is 0 Å². The summed E-state index contributed by atoms with van der Waals surface area (Å²) in [7, 11) is 0. The summed E-state index contributed by atoms with van der Waals surface area (Å²) in [6, 6.07) is 5.37. The lowest BCUT2D eigenvalue weighted by Gasteiger charge is -2.01. The molecule has 0 fully saturated rings. The highest BCUT2D eigenvalue weighted by Crippen LogP contribution is 2.19. The van der Waals surface area contributed by atoms with Crippen LogP contribution in [0.1, 0.15) is 45.8 Å². The van der Waals surface area contributed by atoms with E-state index in [1.165, 1.54) is 0 Å². The monoisotopic (exact) mass is 364 g/mol. The molecule has 3 aromatic heterocycles. The number of ketones is 1. The van der Waals surface area contributed by atoms with Gasteiger partial charge in [0.25, 0.3) is 0 Å². The van der Waals surface area contributed by atoms with Gasteiger partial charge in [-0.1, -0.05) is 12.1 Å². The predicted octanol–water partition coefficient (Wildman–Crippen LogP) is 3.67. The molecule has 0 saturated carbocycles. The first-order valence-corrected chi connectivity index (χ1v) is 8.89. The normalized spacial score (nSPS) is 11.4. The van der Waals surface area contributed by atoms with Gasteiger partial charge in [0, 0.05) is 30.2 Å². The largest absolute Gasteiger partial charge is 0.441 e. The molecule has 0 atom stereocenters. The number of carbonyl (C=O) groups is 1. The zero-order valence-electron chi connectivity index (χ0n) is 15.5. The fraction of sp³-hybridized carbons (Fsp3) is 0.300. The second kappa shape index (κ2) is 6.83. The van der Waals surface area contributed by atoms with Gasteiger partial charge in [-0.3, -0.25) is 9.48 Å². The van der Waals surface area contributed by atoms with Crippen LogP contribution in [0.5, 0.6) is 0 Å². The van der Waals surface area contributed by atoms with Crippen LogP contribution in [-0.2, 0) is 19.4 Å². The Kier molecular flexibility index (Phi) is 4.35.